The maximum atomic E-state index is 10.3. The third kappa shape index (κ3) is 2.43. The summed E-state index contributed by atoms with van der Waals surface area (Å²) >= 11 is 6.97. The molecule has 64 valence electrons. The van der Waals surface area contributed by atoms with Crippen LogP contribution in [0.3, 0.4) is 0 Å². The van der Waals surface area contributed by atoms with Gasteiger partial charge >= 0.3 is 5.97 Å². The van der Waals surface area contributed by atoms with Crippen molar-refractivity contribution in [2.75, 3.05) is 0 Å². The van der Waals surface area contributed by atoms with E-state index in [9.17, 15) is 4.79 Å². The van der Waals surface area contributed by atoms with Gasteiger partial charge in [0.25, 0.3) is 0 Å². The number of aromatic amines is 1. The second kappa shape index (κ2) is 3.83. The van der Waals surface area contributed by atoms with Gasteiger partial charge in [-0.2, -0.15) is 5.10 Å². The molecule has 2 N–H and O–H groups in total. The van der Waals surface area contributed by atoms with Crippen molar-refractivity contribution in [3.05, 3.63) is 15.4 Å². The Morgan fingerprint density at radius 1 is 1.83 bits per heavy atom. The van der Waals surface area contributed by atoms with Crippen molar-refractivity contribution in [1.82, 2.24) is 10.2 Å². The van der Waals surface area contributed by atoms with E-state index in [2.05, 4.69) is 16.8 Å². The minimum atomic E-state index is -1.04. The molecule has 1 rings (SSSR count). The SMILES string of the molecule is C=C(Sc1n[nH]c(=S)s1)C(=O)O. The first-order valence-corrected chi connectivity index (χ1v) is 4.79. The number of nitrogens with one attached hydrogen (secondary N) is 1. The minimum Gasteiger partial charge on any atom is -0.477 e. The average Bonchev–Trinajstić information content (AvgIpc) is 2.35. The number of carboxylic acids is 1. The number of aromatic nitrogens is 2. The number of hydrogen-bond donors (Lipinski definition) is 2. The maximum Gasteiger partial charge on any atom is 0.341 e. The summed E-state index contributed by atoms with van der Waals surface area (Å²) in [7, 11) is 0. The molecule has 0 saturated carbocycles. The van der Waals surface area contributed by atoms with Gasteiger partial charge in [0, 0.05) is 0 Å². The molecular formula is C5H4N2O2S3. The molecule has 0 aliphatic carbocycles. The van der Waals surface area contributed by atoms with Crippen molar-refractivity contribution in [3.8, 4) is 0 Å². The van der Waals surface area contributed by atoms with E-state index >= 15 is 0 Å². The fraction of sp³-hybridized carbons (Fsp3) is 0. The second-order valence-electron chi connectivity index (χ2n) is 1.71. The van der Waals surface area contributed by atoms with Gasteiger partial charge in [0.1, 0.15) is 0 Å². The van der Waals surface area contributed by atoms with Crippen LogP contribution in [-0.2, 0) is 4.79 Å². The van der Waals surface area contributed by atoms with Crippen molar-refractivity contribution in [1.29, 1.82) is 0 Å². The highest BCUT2D eigenvalue weighted by Gasteiger charge is 2.08. The van der Waals surface area contributed by atoms with E-state index in [1.54, 1.807) is 0 Å². The lowest BCUT2D eigenvalue weighted by Gasteiger charge is -1.92. The van der Waals surface area contributed by atoms with Gasteiger partial charge < -0.3 is 5.11 Å². The van der Waals surface area contributed by atoms with Crippen LogP contribution in [0.2, 0.25) is 0 Å². The lowest BCUT2D eigenvalue weighted by molar-refractivity contribution is -0.131. The molecule has 12 heavy (non-hydrogen) atoms. The predicted molar refractivity (Wildman–Crippen MR) is 49.9 cm³/mol. The molecule has 0 aliphatic rings. The molecule has 0 spiro atoms. The van der Waals surface area contributed by atoms with E-state index in [-0.39, 0.29) is 4.91 Å². The summed E-state index contributed by atoms with van der Waals surface area (Å²) in [5.41, 5.74) is 0. The Bertz CT molecular complexity index is 367. The van der Waals surface area contributed by atoms with Crippen molar-refractivity contribution >= 4 is 41.3 Å². The largest absolute Gasteiger partial charge is 0.477 e. The van der Waals surface area contributed by atoms with Crippen LogP contribution in [0.5, 0.6) is 0 Å². The third-order valence-electron chi connectivity index (χ3n) is 0.868. The van der Waals surface area contributed by atoms with E-state index in [1.165, 1.54) is 11.3 Å². The molecule has 1 aromatic heterocycles. The van der Waals surface area contributed by atoms with Crippen LogP contribution in [0.15, 0.2) is 15.8 Å². The molecule has 0 fully saturated rings. The van der Waals surface area contributed by atoms with E-state index in [1.807, 2.05) is 0 Å². The molecule has 1 heterocycles. The Morgan fingerprint density at radius 2 is 2.50 bits per heavy atom. The van der Waals surface area contributed by atoms with Gasteiger partial charge in [-0.15, -0.1) is 0 Å². The molecule has 0 unspecified atom stereocenters. The van der Waals surface area contributed by atoms with Gasteiger partial charge in [0.2, 0.25) is 0 Å². The van der Waals surface area contributed by atoms with Gasteiger partial charge in [0.15, 0.2) is 8.29 Å². The van der Waals surface area contributed by atoms with Crippen LogP contribution < -0.4 is 0 Å². The van der Waals surface area contributed by atoms with Gasteiger partial charge in [-0.1, -0.05) is 29.7 Å². The lowest BCUT2D eigenvalue weighted by Crippen LogP contribution is -1.93. The Labute approximate surface area is 81.3 Å². The zero-order chi connectivity index (χ0) is 9.14. The van der Waals surface area contributed by atoms with Crippen LogP contribution in [0, 0.1) is 3.95 Å². The molecule has 7 heteroatoms. The van der Waals surface area contributed by atoms with Crippen LogP contribution in [0.4, 0.5) is 0 Å². The summed E-state index contributed by atoms with van der Waals surface area (Å²) in [6, 6.07) is 0. The van der Waals surface area contributed by atoms with Gasteiger partial charge in [0.05, 0.1) is 4.91 Å². The second-order valence-corrected chi connectivity index (χ2v) is 4.72. The van der Waals surface area contributed by atoms with E-state index < -0.39 is 5.97 Å². The monoisotopic (exact) mass is 220 g/mol. The summed E-state index contributed by atoms with van der Waals surface area (Å²) in [5.74, 6) is -1.04. The van der Waals surface area contributed by atoms with Crippen molar-refractivity contribution < 1.29 is 9.90 Å². The molecule has 0 bridgehead atoms. The number of aliphatic carboxylic acids is 1. The number of thioether (sulfide) groups is 1. The summed E-state index contributed by atoms with van der Waals surface area (Å²) in [4.78, 5) is 10.4. The van der Waals surface area contributed by atoms with E-state index in [4.69, 9.17) is 17.3 Å². The van der Waals surface area contributed by atoms with Crippen LogP contribution >= 0.6 is 35.3 Å². The molecule has 0 aliphatic heterocycles. The zero-order valence-electron chi connectivity index (χ0n) is 5.73. The topological polar surface area (TPSA) is 66.0 Å². The van der Waals surface area contributed by atoms with Gasteiger partial charge in [-0.3, -0.25) is 5.10 Å². The Kier molecular flexibility index (Phi) is 3.01. The molecule has 0 amide bonds. The number of hydrogen-bond acceptors (Lipinski definition) is 5. The van der Waals surface area contributed by atoms with Crippen LogP contribution in [0.25, 0.3) is 0 Å². The third-order valence-corrected chi connectivity index (χ3v) is 2.94. The van der Waals surface area contributed by atoms with Crippen molar-refractivity contribution in [3.63, 3.8) is 0 Å². The zero-order valence-corrected chi connectivity index (χ0v) is 8.18. The first-order valence-electron chi connectivity index (χ1n) is 2.75. The highest BCUT2D eigenvalue weighted by atomic mass is 32.2. The average molecular weight is 220 g/mol. The van der Waals surface area contributed by atoms with Crippen LogP contribution in [0.1, 0.15) is 0 Å². The summed E-state index contributed by atoms with van der Waals surface area (Å²) < 4.78 is 1.09. The molecule has 0 aromatic carbocycles. The Morgan fingerprint density at radius 3 is 2.92 bits per heavy atom. The first-order chi connectivity index (χ1) is 5.59. The molecule has 1 aromatic rings. The standard InChI is InChI=1S/C5H4N2O2S3/c1-2(3(8)9)11-5-7-6-4(10)12-5/h1H2,(H,6,10)(H,8,9). The molecular weight excluding hydrogens is 216 g/mol. The lowest BCUT2D eigenvalue weighted by atomic mass is 10.7. The number of carboxylic acid groups (broad SMARTS) is 1. The Balaban J connectivity index is 2.71. The number of rotatable bonds is 3. The van der Waals surface area contributed by atoms with E-state index in [0.717, 1.165) is 11.8 Å². The minimum absolute atomic E-state index is 0.0350. The number of carbonyl (C=O) groups is 1. The molecule has 4 nitrogen and oxygen atoms in total. The number of H-pyrrole nitrogens is 1. The predicted octanol–water partition coefficient (Wildman–Crippen LogP) is 1.89. The van der Waals surface area contributed by atoms with Crippen molar-refractivity contribution in [2.24, 2.45) is 0 Å². The smallest absolute Gasteiger partial charge is 0.341 e. The summed E-state index contributed by atoms with van der Waals surface area (Å²) in [6.45, 7) is 3.34. The fourth-order valence-corrected chi connectivity index (χ4v) is 2.30. The first kappa shape index (κ1) is 9.43. The quantitative estimate of drug-likeness (QED) is 0.462. The van der Waals surface area contributed by atoms with Crippen LogP contribution in [-0.4, -0.2) is 21.3 Å². The van der Waals surface area contributed by atoms with E-state index in [0.29, 0.717) is 8.29 Å². The normalized spacial score (nSPS) is 9.67. The fourth-order valence-electron chi connectivity index (χ4n) is 0.409. The molecule has 0 atom stereocenters. The Hall–Kier alpha value is -0.660. The highest BCUT2D eigenvalue weighted by molar-refractivity contribution is 8.05. The van der Waals surface area contributed by atoms with Crippen molar-refractivity contribution in [2.45, 2.75) is 4.34 Å². The summed E-state index contributed by atoms with van der Waals surface area (Å²) in [5, 5.41) is 14.8. The number of nitrogens with zero attached hydrogens (tertiary/aromatic N) is 1. The summed E-state index contributed by atoms with van der Waals surface area (Å²) in [6.07, 6.45) is 0. The molecule has 0 radical (unpaired) electrons. The highest BCUT2D eigenvalue weighted by Crippen LogP contribution is 2.26. The maximum absolute atomic E-state index is 10.3. The van der Waals surface area contributed by atoms with Gasteiger partial charge in [-0.25, -0.2) is 4.79 Å². The molecule has 0 saturated heterocycles. The van der Waals surface area contributed by atoms with Gasteiger partial charge in [-0.05, 0) is 12.2 Å².